The smallest absolute Gasteiger partial charge is 0.0793 e. The number of benzene rings is 1. The predicted octanol–water partition coefficient (Wildman–Crippen LogP) is 3.94. The first-order chi connectivity index (χ1) is 6.66. The van der Waals surface area contributed by atoms with E-state index in [1.54, 1.807) is 0 Å². The molecule has 1 aromatic carbocycles. The van der Waals surface area contributed by atoms with Crippen LogP contribution in [0.25, 0.3) is 0 Å². The van der Waals surface area contributed by atoms with Crippen LogP contribution in [0.15, 0.2) is 22.7 Å². The molecule has 0 spiro atoms. The molecule has 1 aliphatic carbocycles. The number of rotatable bonds is 3. The maximum atomic E-state index is 9.87. The highest BCUT2D eigenvalue weighted by molar-refractivity contribution is 9.10. The van der Waals surface area contributed by atoms with Gasteiger partial charge in [-0.25, -0.2) is 0 Å². The van der Waals surface area contributed by atoms with E-state index in [0.29, 0.717) is 5.02 Å². The van der Waals surface area contributed by atoms with Gasteiger partial charge in [0.25, 0.3) is 0 Å². The van der Waals surface area contributed by atoms with Gasteiger partial charge in [-0.05, 0) is 46.0 Å². The molecule has 14 heavy (non-hydrogen) atoms. The van der Waals surface area contributed by atoms with E-state index in [9.17, 15) is 5.11 Å². The van der Waals surface area contributed by atoms with Gasteiger partial charge in [0.15, 0.2) is 0 Å². The summed E-state index contributed by atoms with van der Waals surface area (Å²) in [5.74, 6) is 0.729. The second kappa shape index (κ2) is 4.21. The maximum Gasteiger partial charge on any atom is 0.0793 e. The molecule has 0 heterocycles. The molecule has 0 aliphatic heterocycles. The summed E-state index contributed by atoms with van der Waals surface area (Å²) < 4.78 is 0.876. The first-order valence-electron chi connectivity index (χ1n) is 4.80. The average molecular weight is 276 g/mol. The van der Waals surface area contributed by atoms with Crippen molar-refractivity contribution in [1.29, 1.82) is 0 Å². The van der Waals surface area contributed by atoms with Gasteiger partial charge in [0.2, 0.25) is 0 Å². The van der Waals surface area contributed by atoms with Crippen LogP contribution in [0.4, 0.5) is 0 Å². The molecule has 1 saturated carbocycles. The molecule has 76 valence electrons. The van der Waals surface area contributed by atoms with Crippen LogP contribution in [0.1, 0.15) is 30.9 Å². The number of aliphatic hydroxyl groups excluding tert-OH is 1. The molecule has 0 radical (unpaired) electrons. The lowest BCUT2D eigenvalue weighted by molar-refractivity contribution is 0.160. The minimum atomic E-state index is -0.354. The van der Waals surface area contributed by atoms with E-state index in [2.05, 4.69) is 15.9 Å². The minimum absolute atomic E-state index is 0.354. The van der Waals surface area contributed by atoms with Gasteiger partial charge in [-0.1, -0.05) is 30.5 Å². The third-order valence-corrected chi connectivity index (χ3v) is 3.81. The van der Waals surface area contributed by atoms with Gasteiger partial charge >= 0.3 is 0 Å². The molecule has 1 fully saturated rings. The SMILES string of the molecule is OC(CC1CC1)c1ccc(Br)c(Cl)c1. The quantitative estimate of drug-likeness (QED) is 0.886. The molecule has 1 aromatic rings. The van der Waals surface area contributed by atoms with Gasteiger partial charge in [0, 0.05) is 4.47 Å². The van der Waals surface area contributed by atoms with E-state index in [0.717, 1.165) is 22.4 Å². The highest BCUT2D eigenvalue weighted by Gasteiger charge is 2.25. The van der Waals surface area contributed by atoms with Crippen molar-refractivity contribution in [2.75, 3.05) is 0 Å². The summed E-state index contributed by atoms with van der Waals surface area (Å²) in [6.45, 7) is 0. The van der Waals surface area contributed by atoms with E-state index >= 15 is 0 Å². The van der Waals surface area contributed by atoms with Gasteiger partial charge in [-0.3, -0.25) is 0 Å². The highest BCUT2D eigenvalue weighted by atomic mass is 79.9. The zero-order valence-electron chi connectivity index (χ0n) is 7.71. The van der Waals surface area contributed by atoms with Crippen LogP contribution >= 0.6 is 27.5 Å². The normalized spacial score (nSPS) is 18.2. The average Bonchev–Trinajstić information content (AvgIpc) is 2.93. The van der Waals surface area contributed by atoms with Gasteiger partial charge in [0.1, 0.15) is 0 Å². The largest absolute Gasteiger partial charge is 0.388 e. The topological polar surface area (TPSA) is 20.2 Å². The third-order valence-electron chi connectivity index (χ3n) is 2.58. The molecular weight excluding hydrogens is 263 g/mol. The highest BCUT2D eigenvalue weighted by Crippen LogP contribution is 2.38. The summed E-state index contributed by atoms with van der Waals surface area (Å²) >= 11 is 9.28. The number of halogens is 2. The Morgan fingerprint density at radius 1 is 1.50 bits per heavy atom. The van der Waals surface area contributed by atoms with Crippen molar-refractivity contribution < 1.29 is 5.11 Å². The van der Waals surface area contributed by atoms with Crippen molar-refractivity contribution in [3.8, 4) is 0 Å². The van der Waals surface area contributed by atoms with E-state index < -0.39 is 0 Å². The van der Waals surface area contributed by atoms with Crippen molar-refractivity contribution >= 4 is 27.5 Å². The van der Waals surface area contributed by atoms with Crippen LogP contribution in [0.3, 0.4) is 0 Å². The molecule has 0 amide bonds. The van der Waals surface area contributed by atoms with Crippen LogP contribution in [0.5, 0.6) is 0 Å². The fourth-order valence-electron chi connectivity index (χ4n) is 1.53. The molecule has 1 unspecified atom stereocenters. The Morgan fingerprint density at radius 2 is 2.21 bits per heavy atom. The van der Waals surface area contributed by atoms with Crippen LogP contribution in [0.2, 0.25) is 5.02 Å². The molecule has 1 atom stereocenters. The molecular formula is C11H12BrClO. The molecule has 2 rings (SSSR count). The summed E-state index contributed by atoms with van der Waals surface area (Å²) in [7, 11) is 0. The fraction of sp³-hybridized carbons (Fsp3) is 0.455. The summed E-state index contributed by atoms with van der Waals surface area (Å²) in [5, 5.41) is 10.5. The van der Waals surface area contributed by atoms with E-state index in [1.165, 1.54) is 12.8 Å². The van der Waals surface area contributed by atoms with Gasteiger partial charge in [-0.2, -0.15) is 0 Å². The van der Waals surface area contributed by atoms with Gasteiger partial charge < -0.3 is 5.11 Å². The first kappa shape index (κ1) is 10.5. The zero-order valence-corrected chi connectivity index (χ0v) is 10.1. The van der Waals surface area contributed by atoms with Crippen LogP contribution in [0, 0.1) is 5.92 Å². The van der Waals surface area contributed by atoms with Crippen molar-refractivity contribution in [2.24, 2.45) is 5.92 Å². The van der Waals surface area contributed by atoms with Gasteiger partial charge in [0.05, 0.1) is 11.1 Å². The Bertz CT molecular complexity index is 336. The first-order valence-corrected chi connectivity index (χ1v) is 5.97. The fourth-order valence-corrected chi connectivity index (χ4v) is 1.96. The summed E-state index contributed by atoms with van der Waals surface area (Å²) in [6, 6.07) is 5.63. The molecule has 1 aliphatic rings. The second-order valence-corrected chi connectivity index (χ2v) is 5.13. The summed E-state index contributed by atoms with van der Waals surface area (Å²) in [4.78, 5) is 0. The van der Waals surface area contributed by atoms with Crippen molar-refractivity contribution in [2.45, 2.75) is 25.4 Å². The monoisotopic (exact) mass is 274 g/mol. The Balaban J connectivity index is 2.10. The predicted molar refractivity (Wildman–Crippen MR) is 61.5 cm³/mol. The van der Waals surface area contributed by atoms with Crippen LogP contribution < -0.4 is 0 Å². The zero-order chi connectivity index (χ0) is 10.1. The Kier molecular flexibility index (Phi) is 3.15. The lowest BCUT2D eigenvalue weighted by Gasteiger charge is -2.10. The van der Waals surface area contributed by atoms with E-state index in [-0.39, 0.29) is 6.10 Å². The lowest BCUT2D eigenvalue weighted by Crippen LogP contribution is -1.98. The van der Waals surface area contributed by atoms with Crippen molar-refractivity contribution in [3.05, 3.63) is 33.3 Å². The number of hydrogen-bond acceptors (Lipinski definition) is 1. The summed E-state index contributed by atoms with van der Waals surface area (Å²) in [5.41, 5.74) is 0.921. The van der Waals surface area contributed by atoms with Crippen molar-refractivity contribution in [3.63, 3.8) is 0 Å². The standard InChI is InChI=1S/C11H12BrClO/c12-9-4-3-8(6-10(9)13)11(14)5-7-1-2-7/h3-4,6-7,11,14H,1-2,5H2. The maximum absolute atomic E-state index is 9.87. The molecule has 0 aromatic heterocycles. The molecule has 1 nitrogen and oxygen atoms in total. The Hall–Kier alpha value is -0.0500. The van der Waals surface area contributed by atoms with E-state index in [1.807, 2.05) is 18.2 Å². The molecule has 0 bridgehead atoms. The number of hydrogen-bond donors (Lipinski definition) is 1. The van der Waals surface area contributed by atoms with Crippen LogP contribution in [-0.4, -0.2) is 5.11 Å². The third kappa shape index (κ3) is 2.50. The Morgan fingerprint density at radius 3 is 2.79 bits per heavy atom. The van der Waals surface area contributed by atoms with E-state index in [4.69, 9.17) is 11.6 Å². The Labute approximate surface area is 97.2 Å². The minimum Gasteiger partial charge on any atom is -0.388 e. The molecule has 0 saturated heterocycles. The second-order valence-electron chi connectivity index (χ2n) is 3.87. The van der Waals surface area contributed by atoms with Crippen LogP contribution in [-0.2, 0) is 0 Å². The molecule has 3 heteroatoms. The number of aliphatic hydroxyl groups is 1. The van der Waals surface area contributed by atoms with Crippen molar-refractivity contribution in [1.82, 2.24) is 0 Å². The summed E-state index contributed by atoms with van der Waals surface area (Å²) in [6.07, 6.45) is 3.05. The lowest BCUT2D eigenvalue weighted by atomic mass is 10.0. The molecule has 1 N–H and O–H groups in total. The van der Waals surface area contributed by atoms with Gasteiger partial charge in [-0.15, -0.1) is 0 Å².